The van der Waals surface area contributed by atoms with Crippen LogP contribution >= 0.6 is 0 Å². The summed E-state index contributed by atoms with van der Waals surface area (Å²) in [6, 6.07) is 15.2. The Hall–Kier alpha value is -1.84. The van der Waals surface area contributed by atoms with Gasteiger partial charge in [-0.05, 0) is 23.8 Å². The van der Waals surface area contributed by atoms with Crippen LogP contribution in [-0.4, -0.2) is 12.2 Å². The minimum atomic E-state index is -0.0338. The second-order valence-electron chi connectivity index (χ2n) is 3.95. The summed E-state index contributed by atoms with van der Waals surface area (Å²) in [7, 11) is 1.66. The van der Waals surface area contributed by atoms with Gasteiger partial charge in [0.2, 0.25) is 0 Å². The van der Waals surface area contributed by atoms with Gasteiger partial charge in [-0.25, -0.2) is 0 Å². The van der Waals surface area contributed by atoms with Gasteiger partial charge in [-0.2, -0.15) is 0 Å². The highest BCUT2D eigenvalue weighted by Gasteiger charge is 2.03. The van der Waals surface area contributed by atoms with Gasteiger partial charge in [-0.3, -0.25) is 0 Å². The molecule has 0 unspecified atom stereocenters. The first-order chi connectivity index (χ1) is 8.83. The van der Waals surface area contributed by atoms with Crippen LogP contribution < -0.4 is 4.74 Å². The van der Waals surface area contributed by atoms with Gasteiger partial charge in [0.1, 0.15) is 11.5 Å². The van der Waals surface area contributed by atoms with E-state index in [1.54, 1.807) is 7.11 Å². The van der Waals surface area contributed by atoms with Crippen LogP contribution in [0.4, 0.5) is 0 Å². The third kappa shape index (κ3) is 3.09. The number of hydrogen-bond donors (Lipinski definition) is 1. The third-order valence-corrected chi connectivity index (χ3v) is 2.58. The topological polar surface area (TPSA) is 38.7 Å². The van der Waals surface area contributed by atoms with Crippen LogP contribution in [0.25, 0.3) is 0 Å². The van der Waals surface area contributed by atoms with Crippen molar-refractivity contribution in [2.24, 2.45) is 0 Å². The average molecular weight is 244 g/mol. The van der Waals surface area contributed by atoms with Crippen molar-refractivity contribution in [2.75, 3.05) is 7.11 Å². The van der Waals surface area contributed by atoms with Crippen molar-refractivity contribution in [3.8, 4) is 11.5 Å². The van der Waals surface area contributed by atoms with E-state index in [-0.39, 0.29) is 6.61 Å². The SMILES string of the molecule is COCc1cccc(Oc2ccccc2CO)c1. The molecule has 0 amide bonds. The lowest BCUT2D eigenvalue weighted by atomic mass is 10.2. The lowest BCUT2D eigenvalue weighted by Crippen LogP contribution is -1.93. The van der Waals surface area contributed by atoms with Crippen molar-refractivity contribution in [1.82, 2.24) is 0 Å². The summed E-state index contributed by atoms with van der Waals surface area (Å²) in [4.78, 5) is 0. The van der Waals surface area contributed by atoms with E-state index in [9.17, 15) is 5.11 Å². The quantitative estimate of drug-likeness (QED) is 0.878. The molecular formula is C15H16O3. The Kier molecular flexibility index (Phi) is 4.34. The molecule has 0 heterocycles. The van der Waals surface area contributed by atoms with E-state index >= 15 is 0 Å². The van der Waals surface area contributed by atoms with Crippen molar-refractivity contribution in [2.45, 2.75) is 13.2 Å². The van der Waals surface area contributed by atoms with Gasteiger partial charge in [0.05, 0.1) is 13.2 Å². The Morgan fingerprint density at radius 1 is 1.06 bits per heavy atom. The summed E-state index contributed by atoms with van der Waals surface area (Å²) in [5.41, 5.74) is 1.83. The van der Waals surface area contributed by atoms with Crippen molar-refractivity contribution in [1.29, 1.82) is 0 Å². The van der Waals surface area contributed by atoms with Crippen LogP contribution in [0.3, 0.4) is 0 Å². The largest absolute Gasteiger partial charge is 0.457 e. The number of methoxy groups -OCH3 is 1. The number of aliphatic hydroxyl groups is 1. The van der Waals surface area contributed by atoms with Gasteiger partial charge in [0.15, 0.2) is 0 Å². The highest BCUT2D eigenvalue weighted by molar-refractivity contribution is 5.38. The highest BCUT2D eigenvalue weighted by atomic mass is 16.5. The minimum Gasteiger partial charge on any atom is -0.457 e. The Morgan fingerprint density at radius 3 is 2.67 bits per heavy atom. The Bertz CT molecular complexity index is 509. The molecule has 0 aromatic heterocycles. The summed E-state index contributed by atoms with van der Waals surface area (Å²) in [5.74, 6) is 1.42. The minimum absolute atomic E-state index is 0.0338. The van der Waals surface area contributed by atoms with Crippen LogP contribution in [-0.2, 0) is 18.0 Å². The molecule has 0 radical (unpaired) electrons. The molecule has 0 fully saturated rings. The standard InChI is InChI=1S/C15H16O3/c1-17-11-12-5-4-7-14(9-12)18-15-8-3-2-6-13(15)10-16/h2-9,16H,10-11H2,1H3. The molecule has 94 valence electrons. The van der Waals surface area contributed by atoms with E-state index in [2.05, 4.69) is 0 Å². The van der Waals surface area contributed by atoms with E-state index in [0.717, 1.165) is 16.9 Å². The fourth-order valence-electron chi connectivity index (χ4n) is 1.73. The summed E-state index contributed by atoms with van der Waals surface area (Å²) >= 11 is 0. The lowest BCUT2D eigenvalue weighted by Gasteiger charge is -2.10. The van der Waals surface area contributed by atoms with Gasteiger partial charge >= 0.3 is 0 Å². The molecule has 0 aliphatic rings. The van der Waals surface area contributed by atoms with Crippen LogP contribution in [0.1, 0.15) is 11.1 Å². The molecule has 0 spiro atoms. The maximum Gasteiger partial charge on any atom is 0.132 e. The smallest absolute Gasteiger partial charge is 0.132 e. The van der Waals surface area contributed by atoms with Crippen LogP contribution in [0.5, 0.6) is 11.5 Å². The zero-order valence-corrected chi connectivity index (χ0v) is 10.3. The molecule has 3 heteroatoms. The fourth-order valence-corrected chi connectivity index (χ4v) is 1.73. The Balaban J connectivity index is 2.20. The highest BCUT2D eigenvalue weighted by Crippen LogP contribution is 2.25. The molecular weight excluding hydrogens is 228 g/mol. The number of para-hydroxylation sites is 1. The summed E-state index contributed by atoms with van der Waals surface area (Å²) in [5, 5.41) is 9.24. The number of aliphatic hydroxyl groups excluding tert-OH is 1. The molecule has 2 aromatic rings. The molecule has 0 saturated carbocycles. The maximum absolute atomic E-state index is 9.24. The van der Waals surface area contributed by atoms with Crippen molar-refractivity contribution in [3.05, 3.63) is 59.7 Å². The van der Waals surface area contributed by atoms with E-state index in [1.165, 1.54) is 0 Å². The van der Waals surface area contributed by atoms with Crippen molar-refractivity contribution in [3.63, 3.8) is 0 Å². The fraction of sp³-hybridized carbons (Fsp3) is 0.200. The second-order valence-corrected chi connectivity index (χ2v) is 3.95. The zero-order chi connectivity index (χ0) is 12.8. The van der Waals surface area contributed by atoms with Crippen LogP contribution in [0, 0.1) is 0 Å². The average Bonchev–Trinajstić information content (AvgIpc) is 2.40. The first kappa shape index (κ1) is 12.6. The third-order valence-electron chi connectivity index (χ3n) is 2.58. The summed E-state index contributed by atoms with van der Waals surface area (Å²) in [6.45, 7) is 0.521. The molecule has 0 aliphatic heterocycles. The van der Waals surface area contributed by atoms with Gasteiger partial charge in [0, 0.05) is 12.7 Å². The van der Waals surface area contributed by atoms with E-state index < -0.39 is 0 Å². The number of hydrogen-bond acceptors (Lipinski definition) is 3. The van der Waals surface area contributed by atoms with E-state index in [4.69, 9.17) is 9.47 Å². The monoisotopic (exact) mass is 244 g/mol. The van der Waals surface area contributed by atoms with Crippen molar-refractivity contribution < 1.29 is 14.6 Å². The molecule has 0 atom stereocenters. The number of rotatable bonds is 5. The summed E-state index contributed by atoms with van der Waals surface area (Å²) in [6.07, 6.45) is 0. The molecule has 1 N–H and O–H groups in total. The number of ether oxygens (including phenoxy) is 2. The van der Waals surface area contributed by atoms with Crippen molar-refractivity contribution >= 4 is 0 Å². The van der Waals surface area contributed by atoms with Crippen LogP contribution in [0.2, 0.25) is 0 Å². The van der Waals surface area contributed by atoms with Gasteiger partial charge in [0.25, 0.3) is 0 Å². The number of benzene rings is 2. The predicted octanol–water partition coefficient (Wildman–Crippen LogP) is 3.12. The predicted molar refractivity (Wildman–Crippen MR) is 69.6 cm³/mol. The van der Waals surface area contributed by atoms with Crippen LogP contribution in [0.15, 0.2) is 48.5 Å². The molecule has 2 rings (SSSR count). The molecule has 18 heavy (non-hydrogen) atoms. The maximum atomic E-state index is 9.24. The van der Waals surface area contributed by atoms with E-state index in [1.807, 2.05) is 48.5 Å². The normalized spacial score (nSPS) is 10.3. The molecule has 0 aliphatic carbocycles. The molecule has 0 bridgehead atoms. The molecule has 0 saturated heterocycles. The Labute approximate surface area is 107 Å². The van der Waals surface area contributed by atoms with Gasteiger partial charge in [-0.15, -0.1) is 0 Å². The van der Waals surface area contributed by atoms with Gasteiger partial charge in [-0.1, -0.05) is 30.3 Å². The first-order valence-electron chi connectivity index (χ1n) is 5.78. The first-order valence-corrected chi connectivity index (χ1v) is 5.78. The second kappa shape index (κ2) is 6.19. The van der Waals surface area contributed by atoms with E-state index in [0.29, 0.717) is 12.4 Å². The molecule has 3 nitrogen and oxygen atoms in total. The lowest BCUT2D eigenvalue weighted by molar-refractivity contribution is 0.184. The Morgan fingerprint density at radius 2 is 1.89 bits per heavy atom. The zero-order valence-electron chi connectivity index (χ0n) is 10.3. The molecule has 2 aromatic carbocycles. The van der Waals surface area contributed by atoms with Gasteiger partial charge < -0.3 is 14.6 Å². The summed E-state index contributed by atoms with van der Waals surface area (Å²) < 4.78 is 10.9.